The molecular weight excluding hydrogens is 304 g/mol. The number of aromatic hydroxyl groups is 1. The molecule has 0 aliphatic heterocycles. The fraction of sp³-hybridized carbons (Fsp3) is 0.278. The number of aromatic nitrogens is 2. The van der Waals surface area contributed by atoms with Crippen molar-refractivity contribution in [2.75, 3.05) is 12.0 Å². The summed E-state index contributed by atoms with van der Waals surface area (Å²) >= 11 is 0. The second-order valence-electron chi connectivity index (χ2n) is 5.30. The minimum atomic E-state index is 0.138. The smallest absolute Gasteiger partial charge is 0.243 e. The summed E-state index contributed by atoms with van der Waals surface area (Å²) in [5.74, 6) is 1.01. The first-order chi connectivity index (χ1) is 11.5. The van der Waals surface area contributed by atoms with Gasteiger partial charge in [0.25, 0.3) is 0 Å². The van der Waals surface area contributed by atoms with E-state index in [1.807, 2.05) is 32.9 Å². The van der Waals surface area contributed by atoms with Crippen molar-refractivity contribution in [1.82, 2.24) is 9.97 Å². The van der Waals surface area contributed by atoms with E-state index in [1.54, 1.807) is 18.4 Å². The monoisotopic (exact) mass is 326 g/mol. The zero-order chi connectivity index (χ0) is 17.5. The lowest BCUT2D eigenvalue weighted by atomic mass is 10.1. The standard InChI is InChI=1S/C18H22N4O2/c1-5-7-15-9-14(10-16(17(15)23)24-6-2)11-19-22-18-20-12(3)8-13(4)21-18/h5,8-11,23H,1,6-7H2,2-4H3,(H,20,21,22)/b19-11+. The normalized spacial score (nSPS) is 10.8. The summed E-state index contributed by atoms with van der Waals surface area (Å²) in [6, 6.07) is 5.47. The molecule has 2 rings (SSSR count). The van der Waals surface area contributed by atoms with Crippen molar-refractivity contribution >= 4 is 12.2 Å². The topological polar surface area (TPSA) is 79.6 Å². The van der Waals surface area contributed by atoms with Gasteiger partial charge in [0.2, 0.25) is 5.95 Å². The Kier molecular flexibility index (Phi) is 5.89. The minimum Gasteiger partial charge on any atom is -0.504 e. The van der Waals surface area contributed by atoms with E-state index >= 15 is 0 Å². The van der Waals surface area contributed by atoms with Crippen LogP contribution < -0.4 is 10.2 Å². The van der Waals surface area contributed by atoms with Gasteiger partial charge in [0.15, 0.2) is 11.5 Å². The molecule has 126 valence electrons. The average Bonchev–Trinajstić information content (AvgIpc) is 2.51. The van der Waals surface area contributed by atoms with Gasteiger partial charge in [0.1, 0.15) is 0 Å². The van der Waals surface area contributed by atoms with Crippen LogP contribution in [0.15, 0.2) is 36.0 Å². The van der Waals surface area contributed by atoms with Crippen LogP contribution >= 0.6 is 0 Å². The number of hydrazone groups is 1. The van der Waals surface area contributed by atoms with Gasteiger partial charge in [0.05, 0.1) is 12.8 Å². The number of hydrogen-bond acceptors (Lipinski definition) is 6. The van der Waals surface area contributed by atoms with E-state index in [-0.39, 0.29) is 5.75 Å². The van der Waals surface area contributed by atoms with Gasteiger partial charge in [-0.1, -0.05) is 6.08 Å². The third-order valence-electron chi connectivity index (χ3n) is 3.20. The Bertz CT molecular complexity index is 737. The SMILES string of the molecule is C=CCc1cc(/C=N/Nc2nc(C)cc(C)n2)cc(OCC)c1O. The molecule has 0 amide bonds. The Morgan fingerprint density at radius 1 is 1.25 bits per heavy atom. The number of phenolic OH excluding ortho intramolecular Hbond substituents is 1. The van der Waals surface area contributed by atoms with Gasteiger partial charge < -0.3 is 9.84 Å². The summed E-state index contributed by atoms with van der Waals surface area (Å²) in [6.45, 7) is 9.85. The Labute approximate surface area is 141 Å². The number of nitrogens with zero attached hydrogens (tertiary/aromatic N) is 3. The predicted molar refractivity (Wildman–Crippen MR) is 95.9 cm³/mol. The van der Waals surface area contributed by atoms with Gasteiger partial charge in [-0.2, -0.15) is 5.10 Å². The zero-order valence-electron chi connectivity index (χ0n) is 14.2. The van der Waals surface area contributed by atoms with Crippen molar-refractivity contribution in [2.45, 2.75) is 27.2 Å². The highest BCUT2D eigenvalue weighted by atomic mass is 16.5. The van der Waals surface area contributed by atoms with E-state index in [0.29, 0.717) is 24.7 Å². The molecule has 6 heteroatoms. The summed E-state index contributed by atoms with van der Waals surface area (Å²) in [5, 5.41) is 14.4. The summed E-state index contributed by atoms with van der Waals surface area (Å²) in [5.41, 5.74) is 6.09. The third-order valence-corrected chi connectivity index (χ3v) is 3.20. The molecule has 0 aliphatic rings. The van der Waals surface area contributed by atoms with Crippen molar-refractivity contribution in [3.8, 4) is 11.5 Å². The average molecular weight is 326 g/mol. The van der Waals surface area contributed by atoms with E-state index in [0.717, 1.165) is 22.5 Å². The molecule has 1 aromatic carbocycles. The molecule has 2 aromatic rings. The van der Waals surface area contributed by atoms with Gasteiger partial charge in [0, 0.05) is 17.0 Å². The van der Waals surface area contributed by atoms with Crippen LogP contribution in [-0.4, -0.2) is 27.9 Å². The Hall–Kier alpha value is -2.89. The molecule has 0 atom stereocenters. The predicted octanol–water partition coefficient (Wildman–Crippen LogP) is 3.37. The third kappa shape index (κ3) is 4.55. The first kappa shape index (κ1) is 17.5. The van der Waals surface area contributed by atoms with Crippen LogP contribution in [0.25, 0.3) is 0 Å². The molecule has 0 saturated carbocycles. The minimum absolute atomic E-state index is 0.138. The van der Waals surface area contributed by atoms with Crippen molar-refractivity contribution in [2.24, 2.45) is 5.10 Å². The van der Waals surface area contributed by atoms with Crippen molar-refractivity contribution in [3.05, 3.63) is 53.4 Å². The van der Waals surface area contributed by atoms with E-state index in [1.165, 1.54) is 0 Å². The molecular formula is C18H22N4O2. The number of anilines is 1. The molecule has 0 aliphatic carbocycles. The molecule has 2 N–H and O–H groups in total. The molecule has 1 heterocycles. The van der Waals surface area contributed by atoms with Crippen LogP contribution in [0.1, 0.15) is 29.4 Å². The first-order valence-corrected chi connectivity index (χ1v) is 7.74. The molecule has 0 saturated heterocycles. The Morgan fingerprint density at radius 2 is 1.96 bits per heavy atom. The number of nitrogens with one attached hydrogen (secondary N) is 1. The summed E-state index contributed by atoms with van der Waals surface area (Å²) in [6.07, 6.45) is 3.91. The number of allylic oxidation sites excluding steroid dienone is 1. The number of phenols is 1. The molecule has 0 radical (unpaired) electrons. The van der Waals surface area contributed by atoms with Crippen molar-refractivity contribution < 1.29 is 9.84 Å². The van der Waals surface area contributed by atoms with Gasteiger partial charge in [-0.05, 0) is 51.0 Å². The number of rotatable bonds is 7. The molecule has 0 spiro atoms. The quantitative estimate of drug-likeness (QED) is 0.463. The number of benzene rings is 1. The van der Waals surface area contributed by atoms with Crippen LogP contribution in [0.2, 0.25) is 0 Å². The maximum Gasteiger partial charge on any atom is 0.243 e. The van der Waals surface area contributed by atoms with Gasteiger partial charge >= 0.3 is 0 Å². The summed E-state index contributed by atoms with van der Waals surface area (Å²) in [7, 11) is 0. The van der Waals surface area contributed by atoms with Crippen LogP contribution in [0.4, 0.5) is 5.95 Å². The second kappa shape index (κ2) is 8.10. The summed E-state index contributed by atoms with van der Waals surface area (Å²) < 4.78 is 5.47. The number of ether oxygens (including phenoxy) is 1. The van der Waals surface area contributed by atoms with Crippen LogP contribution in [0.5, 0.6) is 11.5 Å². The maximum absolute atomic E-state index is 10.2. The highest BCUT2D eigenvalue weighted by molar-refractivity contribution is 5.82. The lowest BCUT2D eigenvalue weighted by Crippen LogP contribution is -2.00. The van der Waals surface area contributed by atoms with E-state index < -0.39 is 0 Å². The molecule has 0 bridgehead atoms. The number of hydrogen-bond donors (Lipinski definition) is 2. The number of aryl methyl sites for hydroxylation is 2. The van der Waals surface area contributed by atoms with E-state index in [2.05, 4.69) is 27.1 Å². The summed E-state index contributed by atoms with van der Waals surface area (Å²) in [4.78, 5) is 8.52. The highest BCUT2D eigenvalue weighted by Gasteiger charge is 2.09. The molecule has 0 unspecified atom stereocenters. The highest BCUT2D eigenvalue weighted by Crippen LogP contribution is 2.31. The zero-order valence-corrected chi connectivity index (χ0v) is 14.2. The Morgan fingerprint density at radius 3 is 2.58 bits per heavy atom. The van der Waals surface area contributed by atoms with Gasteiger partial charge in [-0.3, -0.25) is 0 Å². The van der Waals surface area contributed by atoms with Crippen molar-refractivity contribution in [3.63, 3.8) is 0 Å². The molecule has 1 aromatic heterocycles. The van der Waals surface area contributed by atoms with Crippen LogP contribution in [0.3, 0.4) is 0 Å². The van der Waals surface area contributed by atoms with Gasteiger partial charge in [-0.25, -0.2) is 15.4 Å². The Balaban J connectivity index is 2.22. The lowest BCUT2D eigenvalue weighted by molar-refractivity contribution is 0.317. The van der Waals surface area contributed by atoms with Crippen LogP contribution in [-0.2, 0) is 6.42 Å². The second-order valence-corrected chi connectivity index (χ2v) is 5.30. The fourth-order valence-corrected chi connectivity index (χ4v) is 2.28. The van der Waals surface area contributed by atoms with Crippen molar-refractivity contribution in [1.29, 1.82) is 0 Å². The van der Waals surface area contributed by atoms with E-state index in [4.69, 9.17) is 4.74 Å². The largest absolute Gasteiger partial charge is 0.504 e. The van der Waals surface area contributed by atoms with Crippen LogP contribution in [0, 0.1) is 13.8 Å². The molecule has 24 heavy (non-hydrogen) atoms. The van der Waals surface area contributed by atoms with Gasteiger partial charge in [-0.15, -0.1) is 6.58 Å². The first-order valence-electron chi connectivity index (χ1n) is 7.74. The van der Waals surface area contributed by atoms with E-state index in [9.17, 15) is 5.11 Å². The molecule has 0 fully saturated rings. The molecule has 6 nitrogen and oxygen atoms in total. The lowest BCUT2D eigenvalue weighted by Gasteiger charge is -2.10. The maximum atomic E-state index is 10.2. The fourth-order valence-electron chi connectivity index (χ4n) is 2.28.